The zero-order valence-corrected chi connectivity index (χ0v) is 11.4. The third-order valence-corrected chi connectivity index (χ3v) is 4.47. The average molecular weight is 292 g/mol. The topological polar surface area (TPSA) is 46.5 Å². The van der Waals surface area contributed by atoms with Crippen molar-refractivity contribution in [3.05, 3.63) is 12.2 Å². The minimum atomic E-state index is -4.59. The second kappa shape index (κ2) is 5.06. The number of carbonyl (C=O) groups is 1. The van der Waals surface area contributed by atoms with E-state index < -0.39 is 23.7 Å². The molecular formula is C14H19F3O3. The predicted molar refractivity (Wildman–Crippen MR) is 65.7 cm³/mol. The van der Waals surface area contributed by atoms with Gasteiger partial charge in [0.1, 0.15) is 0 Å². The zero-order chi connectivity index (χ0) is 15.1. The van der Waals surface area contributed by atoms with E-state index in [0.717, 1.165) is 0 Å². The Morgan fingerprint density at radius 1 is 1.40 bits per heavy atom. The summed E-state index contributed by atoms with van der Waals surface area (Å²) in [7, 11) is 0. The summed E-state index contributed by atoms with van der Waals surface area (Å²) in [5.41, 5.74) is -2.29. The number of hydrogen-bond donors (Lipinski definition) is 1. The summed E-state index contributed by atoms with van der Waals surface area (Å²) in [6.07, 6.45) is -3.60. The Balaban J connectivity index is 1.97. The summed E-state index contributed by atoms with van der Waals surface area (Å²) in [5, 5.41) is 9.93. The molecule has 0 saturated heterocycles. The van der Waals surface area contributed by atoms with Gasteiger partial charge in [0.15, 0.2) is 5.60 Å². The van der Waals surface area contributed by atoms with Crippen LogP contribution in [0.15, 0.2) is 12.2 Å². The largest absolute Gasteiger partial charge is 0.462 e. The molecule has 0 aromatic heterocycles. The fraction of sp³-hybridized carbons (Fsp3) is 0.786. The lowest BCUT2D eigenvalue weighted by Crippen LogP contribution is -2.48. The number of alkyl halides is 3. The molecule has 1 N–H and O–H groups in total. The molecule has 2 saturated carbocycles. The minimum Gasteiger partial charge on any atom is -0.462 e. The molecule has 2 aliphatic carbocycles. The second-order valence-corrected chi connectivity index (χ2v) is 6.14. The van der Waals surface area contributed by atoms with Crippen molar-refractivity contribution in [2.45, 2.75) is 44.4 Å². The molecule has 3 nitrogen and oxygen atoms in total. The fourth-order valence-corrected chi connectivity index (χ4v) is 3.53. The fourth-order valence-electron chi connectivity index (χ4n) is 3.53. The van der Waals surface area contributed by atoms with E-state index in [2.05, 4.69) is 6.58 Å². The number of fused-ring (bicyclic) bond motifs is 2. The Hall–Kier alpha value is -1.04. The van der Waals surface area contributed by atoms with Gasteiger partial charge in [-0.2, -0.15) is 13.2 Å². The Bertz CT molecular complexity index is 418. The van der Waals surface area contributed by atoms with Crippen molar-refractivity contribution < 1.29 is 27.8 Å². The molecule has 20 heavy (non-hydrogen) atoms. The van der Waals surface area contributed by atoms with Gasteiger partial charge in [-0.15, -0.1) is 0 Å². The quantitative estimate of drug-likeness (QED) is 0.642. The number of esters is 1. The van der Waals surface area contributed by atoms with E-state index in [9.17, 15) is 23.1 Å². The normalized spacial score (nSPS) is 36.8. The molecule has 4 unspecified atom stereocenters. The lowest BCUT2D eigenvalue weighted by molar-refractivity contribution is -0.273. The molecule has 6 heteroatoms. The van der Waals surface area contributed by atoms with Crippen LogP contribution in [0.4, 0.5) is 13.2 Å². The maximum absolute atomic E-state index is 13.0. The maximum atomic E-state index is 13.0. The van der Waals surface area contributed by atoms with Crippen LogP contribution in [0.5, 0.6) is 0 Å². The number of rotatable bonds is 3. The number of carbonyl (C=O) groups excluding carboxylic acids is 1. The highest BCUT2D eigenvalue weighted by molar-refractivity contribution is 5.86. The van der Waals surface area contributed by atoms with Gasteiger partial charge < -0.3 is 9.84 Å². The molecule has 0 aliphatic heterocycles. The first-order valence-corrected chi connectivity index (χ1v) is 6.75. The van der Waals surface area contributed by atoms with Crippen molar-refractivity contribution in [1.29, 1.82) is 0 Å². The second-order valence-electron chi connectivity index (χ2n) is 6.14. The summed E-state index contributed by atoms with van der Waals surface area (Å²) >= 11 is 0. The van der Waals surface area contributed by atoms with Crippen molar-refractivity contribution in [2.24, 2.45) is 17.8 Å². The Labute approximate surface area is 115 Å². The summed E-state index contributed by atoms with van der Waals surface area (Å²) in [6, 6.07) is 0. The van der Waals surface area contributed by atoms with E-state index in [1.807, 2.05) is 0 Å². The van der Waals surface area contributed by atoms with Gasteiger partial charge in [-0.1, -0.05) is 6.58 Å². The molecule has 0 radical (unpaired) electrons. The average Bonchev–Trinajstić information content (AvgIpc) is 2.57. The van der Waals surface area contributed by atoms with Crippen LogP contribution >= 0.6 is 0 Å². The number of halogens is 3. The van der Waals surface area contributed by atoms with E-state index in [1.165, 1.54) is 6.92 Å². The van der Waals surface area contributed by atoms with Crippen molar-refractivity contribution in [3.63, 3.8) is 0 Å². The zero-order valence-electron chi connectivity index (χ0n) is 11.4. The molecule has 4 atom stereocenters. The maximum Gasteiger partial charge on any atom is 0.417 e. The van der Waals surface area contributed by atoms with Gasteiger partial charge in [0.25, 0.3) is 0 Å². The Kier molecular flexibility index (Phi) is 3.88. The molecule has 114 valence electrons. The van der Waals surface area contributed by atoms with Gasteiger partial charge in [0.2, 0.25) is 0 Å². The van der Waals surface area contributed by atoms with Crippen molar-refractivity contribution >= 4 is 5.97 Å². The van der Waals surface area contributed by atoms with E-state index in [4.69, 9.17) is 4.74 Å². The molecule has 2 fully saturated rings. The van der Waals surface area contributed by atoms with Gasteiger partial charge in [-0.05, 0) is 50.4 Å². The number of ether oxygens (including phenoxy) is 1. The highest BCUT2D eigenvalue weighted by Crippen LogP contribution is 2.56. The van der Waals surface area contributed by atoms with E-state index in [-0.39, 0.29) is 36.9 Å². The van der Waals surface area contributed by atoms with Gasteiger partial charge in [0, 0.05) is 5.57 Å². The molecule has 0 spiro atoms. The van der Waals surface area contributed by atoms with Crippen LogP contribution in [-0.4, -0.2) is 29.5 Å². The van der Waals surface area contributed by atoms with Gasteiger partial charge in [0.05, 0.1) is 6.61 Å². The molecule has 0 aromatic carbocycles. The van der Waals surface area contributed by atoms with Crippen molar-refractivity contribution in [2.75, 3.05) is 6.61 Å². The molecule has 0 heterocycles. The highest BCUT2D eigenvalue weighted by atomic mass is 19.4. The van der Waals surface area contributed by atoms with Crippen LogP contribution < -0.4 is 0 Å². The van der Waals surface area contributed by atoms with Crippen molar-refractivity contribution in [1.82, 2.24) is 0 Å². The van der Waals surface area contributed by atoms with Crippen molar-refractivity contribution in [3.8, 4) is 0 Å². The van der Waals surface area contributed by atoms with Gasteiger partial charge >= 0.3 is 12.1 Å². The molecule has 0 amide bonds. The first-order valence-electron chi connectivity index (χ1n) is 6.75. The smallest absolute Gasteiger partial charge is 0.417 e. The number of hydrogen-bond acceptors (Lipinski definition) is 3. The van der Waals surface area contributed by atoms with Crippen LogP contribution in [0.2, 0.25) is 0 Å². The highest BCUT2D eigenvalue weighted by Gasteiger charge is 2.64. The minimum absolute atomic E-state index is 0.104. The lowest BCUT2D eigenvalue weighted by Gasteiger charge is -2.34. The summed E-state index contributed by atoms with van der Waals surface area (Å²) < 4.78 is 44.0. The van der Waals surface area contributed by atoms with Gasteiger partial charge in [-0.25, -0.2) is 4.79 Å². The lowest BCUT2D eigenvalue weighted by atomic mass is 9.79. The first kappa shape index (κ1) is 15.4. The monoisotopic (exact) mass is 292 g/mol. The SMILES string of the molecule is C=C(C)C(=O)OCC1CC2CC(C1)C(O)(C(F)(F)F)C2. The summed E-state index contributed by atoms with van der Waals surface area (Å²) in [4.78, 5) is 11.3. The first-order chi connectivity index (χ1) is 9.13. The molecule has 2 bridgehead atoms. The van der Waals surface area contributed by atoms with Gasteiger partial charge in [-0.3, -0.25) is 0 Å². The standard InChI is InChI=1S/C14H19F3O3/c1-8(2)12(18)20-7-10-3-9-4-11(5-10)13(19,6-9)14(15,16)17/h9-11,19H,1,3-7H2,2H3. The summed E-state index contributed by atoms with van der Waals surface area (Å²) in [6.45, 7) is 5.08. The van der Waals surface area contributed by atoms with Crippen LogP contribution in [-0.2, 0) is 9.53 Å². The van der Waals surface area contributed by atoms with Crippen LogP contribution in [0.3, 0.4) is 0 Å². The number of aliphatic hydroxyl groups is 1. The molecular weight excluding hydrogens is 273 g/mol. The molecule has 2 aliphatic rings. The molecule has 0 aromatic rings. The molecule has 2 rings (SSSR count). The summed E-state index contributed by atoms with van der Waals surface area (Å²) in [5.74, 6) is -1.56. The van der Waals surface area contributed by atoms with Crippen LogP contribution in [0.25, 0.3) is 0 Å². The third kappa shape index (κ3) is 2.71. The predicted octanol–water partition coefficient (Wildman–Crippen LogP) is 2.84. The Morgan fingerprint density at radius 2 is 2.05 bits per heavy atom. The Morgan fingerprint density at radius 3 is 2.60 bits per heavy atom. The van der Waals surface area contributed by atoms with E-state index in [1.54, 1.807) is 0 Å². The van der Waals surface area contributed by atoms with Crippen LogP contribution in [0, 0.1) is 17.8 Å². The third-order valence-electron chi connectivity index (χ3n) is 4.47. The van der Waals surface area contributed by atoms with E-state index in [0.29, 0.717) is 12.8 Å². The van der Waals surface area contributed by atoms with E-state index >= 15 is 0 Å². The van der Waals surface area contributed by atoms with Crippen LogP contribution in [0.1, 0.15) is 32.6 Å².